The van der Waals surface area contributed by atoms with Gasteiger partial charge in [0.15, 0.2) is 0 Å². The van der Waals surface area contributed by atoms with Crippen molar-refractivity contribution in [2.75, 3.05) is 33.7 Å². The molecule has 26 heavy (non-hydrogen) atoms. The molecule has 0 spiro atoms. The highest BCUT2D eigenvalue weighted by Crippen LogP contribution is 2.20. The van der Waals surface area contributed by atoms with Gasteiger partial charge in [-0.3, -0.25) is 9.78 Å². The predicted octanol–water partition coefficient (Wildman–Crippen LogP) is 2.62. The van der Waals surface area contributed by atoms with E-state index in [0.29, 0.717) is 19.5 Å². The molecule has 1 atom stereocenters. The van der Waals surface area contributed by atoms with Crippen molar-refractivity contribution < 1.29 is 4.79 Å². The number of nitrogens with zero attached hydrogens (tertiary/aromatic N) is 4. The molecule has 0 aliphatic carbocycles. The number of hydrogen-bond acceptors (Lipinski definition) is 5. The Morgan fingerprint density at radius 3 is 2.77 bits per heavy atom. The molecular weight excluding hydrogens is 344 g/mol. The standard InChI is InChI=1S/C20H28N4OS/c1-16-7-8-19(26-16)15-24(13-17-6-4-5-9-21-17)20(25)12-18-14-22(2)10-11-23(18)3/h4-9,18H,10-15H2,1-3H3/t18-/m1/s1. The monoisotopic (exact) mass is 372 g/mol. The number of aromatic nitrogens is 1. The Bertz CT molecular complexity index is 718. The topological polar surface area (TPSA) is 39.7 Å². The Labute approximate surface area is 160 Å². The molecular formula is C20H28N4OS. The summed E-state index contributed by atoms with van der Waals surface area (Å²) in [6.45, 7) is 6.33. The summed E-state index contributed by atoms with van der Waals surface area (Å²) in [5.41, 5.74) is 0.934. The number of carbonyl (C=O) groups excluding carboxylic acids is 1. The molecule has 2 aromatic heterocycles. The summed E-state index contributed by atoms with van der Waals surface area (Å²) >= 11 is 1.76. The van der Waals surface area contributed by atoms with Crippen molar-refractivity contribution in [2.45, 2.75) is 32.5 Å². The molecule has 1 amide bonds. The van der Waals surface area contributed by atoms with Gasteiger partial charge in [-0.15, -0.1) is 11.3 Å². The van der Waals surface area contributed by atoms with Crippen LogP contribution in [0.2, 0.25) is 0 Å². The van der Waals surface area contributed by atoms with Crippen LogP contribution >= 0.6 is 11.3 Å². The second kappa shape index (κ2) is 8.75. The van der Waals surface area contributed by atoms with E-state index in [9.17, 15) is 4.79 Å². The normalized spacial score (nSPS) is 18.8. The van der Waals surface area contributed by atoms with Crippen LogP contribution < -0.4 is 0 Å². The first kappa shape index (κ1) is 19.0. The van der Waals surface area contributed by atoms with Crippen molar-refractivity contribution >= 4 is 17.2 Å². The zero-order valence-electron chi connectivity index (χ0n) is 15.9. The SMILES string of the molecule is Cc1ccc(CN(Cc2ccccn2)C(=O)C[C@@H]2CN(C)CCN2C)s1. The maximum absolute atomic E-state index is 13.1. The average molecular weight is 373 g/mol. The maximum atomic E-state index is 13.1. The van der Waals surface area contributed by atoms with Crippen molar-refractivity contribution in [3.63, 3.8) is 0 Å². The van der Waals surface area contributed by atoms with Gasteiger partial charge in [0.1, 0.15) is 0 Å². The molecule has 140 valence electrons. The van der Waals surface area contributed by atoms with Crippen LogP contribution in [0.25, 0.3) is 0 Å². The van der Waals surface area contributed by atoms with Crippen LogP contribution in [0.3, 0.4) is 0 Å². The smallest absolute Gasteiger partial charge is 0.224 e. The quantitative estimate of drug-likeness (QED) is 0.781. The number of piperazine rings is 1. The Morgan fingerprint density at radius 1 is 1.23 bits per heavy atom. The summed E-state index contributed by atoms with van der Waals surface area (Å²) in [4.78, 5) is 26.6. The fourth-order valence-corrected chi connectivity index (χ4v) is 4.24. The summed E-state index contributed by atoms with van der Waals surface area (Å²) in [7, 11) is 4.25. The van der Waals surface area contributed by atoms with Gasteiger partial charge in [0.05, 0.1) is 18.8 Å². The van der Waals surface area contributed by atoms with Crippen LogP contribution in [-0.4, -0.2) is 65.4 Å². The van der Waals surface area contributed by atoms with E-state index in [1.807, 2.05) is 23.1 Å². The minimum absolute atomic E-state index is 0.203. The van der Waals surface area contributed by atoms with Crippen LogP contribution in [0.1, 0.15) is 21.9 Å². The molecule has 0 bridgehead atoms. The lowest BCUT2D eigenvalue weighted by Gasteiger charge is -2.38. The lowest BCUT2D eigenvalue weighted by atomic mass is 10.1. The molecule has 0 saturated carbocycles. The van der Waals surface area contributed by atoms with Gasteiger partial charge in [0.2, 0.25) is 5.91 Å². The summed E-state index contributed by atoms with van der Waals surface area (Å²) in [6, 6.07) is 10.4. The van der Waals surface area contributed by atoms with Crippen molar-refractivity contribution in [1.29, 1.82) is 0 Å². The molecule has 3 heterocycles. The van der Waals surface area contributed by atoms with Crippen molar-refractivity contribution in [2.24, 2.45) is 0 Å². The third kappa shape index (κ3) is 5.13. The molecule has 0 radical (unpaired) electrons. The van der Waals surface area contributed by atoms with E-state index in [1.165, 1.54) is 9.75 Å². The molecule has 3 rings (SSSR count). The van der Waals surface area contributed by atoms with Crippen LogP contribution in [-0.2, 0) is 17.9 Å². The number of carbonyl (C=O) groups is 1. The van der Waals surface area contributed by atoms with Crippen molar-refractivity contribution in [1.82, 2.24) is 19.7 Å². The number of aryl methyl sites for hydroxylation is 1. The third-order valence-corrected chi connectivity index (χ3v) is 5.95. The van der Waals surface area contributed by atoms with Crippen molar-refractivity contribution in [3.8, 4) is 0 Å². The van der Waals surface area contributed by atoms with Gasteiger partial charge in [-0.25, -0.2) is 0 Å². The largest absolute Gasteiger partial charge is 0.332 e. The van der Waals surface area contributed by atoms with Gasteiger partial charge in [-0.1, -0.05) is 6.07 Å². The highest BCUT2D eigenvalue weighted by Gasteiger charge is 2.27. The van der Waals surface area contributed by atoms with Crippen LogP contribution in [0.5, 0.6) is 0 Å². The highest BCUT2D eigenvalue weighted by molar-refractivity contribution is 7.11. The number of likely N-dealkylation sites (N-methyl/N-ethyl adjacent to an activating group) is 2. The minimum Gasteiger partial charge on any atom is -0.332 e. The zero-order valence-corrected chi connectivity index (χ0v) is 16.7. The molecule has 0 unspecified atom stereocenters. The molecule has 0 aromatic carbocycles. The third-order valence-electron chi connectivity index (χ3n) is 4.96. The Kier molecular flexibility index (Phi) is 6.40. The Balaban J connectivity index is 1.71. The zero-order chi connectivity index (χ0) is 18.5. The van der Waals surface area contributed by atoms with Crippen LogP contribution in [0.15, 0.2) is 36.5 Å². The van der Waals surface area contributed by atoms with Crippen LogP contribution in [0, 0.1) is 6.92 Å². The van der Waals surface area contributed by atoms with E-state index in [4.69, 9.17) is 0 Å². The fourth-order valence-electron chi connectivity index (χ4n) is 3.33. The van der Waals surface area contributed by atoms with E-state index in [0.717, 1.165) is 25.3 Å². The summed E-state index contributed by atoms with van der Waals surface area (Å²) in [5, 5.41) is 0. The first-order chi connectivity index (χ1) is 12.5. The summed E-state index contributed by atoms with van der Waals surface area (Å²) in [5.74, 6) is 0.203. The molecule has 1 fully saturated rings. The molecule has 6 heteroatoms. The van der Waals surface area contributed by atoms with E-state index in [1.54, 1.807) is 17.5 Å². The van der Waals surface area contributed by atoms with Gasteiger partial charge < -0.3 is 14.7 Å². The Hall–Kier alpha value is -1.76. The molecule has 1 aliphatic rings. The maximum Gasteiger partial charge on any atom is 0.224 e. The minimum atomic E-state index is 0.203. The lowest BCUT2D eigenvalue weighted by molar-refractivity contribution is -0.134. The number of hydrogen-bond donors (Lipinski definition) is 0. The first-order valence-electron chi connectivity index (χ1n) is 9.13. The lowest BCUT2D eigenvalue weighted by Crippen LogP contribution is -2.51. The van der Waals surface area contributed by atoms with Crippen molar-refractivity contribution in [3.05, 3.63) is 52.0 Å². The first-order valence-corrected chi connectivity index (χ1v) is 9.94. The molecule has 1 saturated heterocycles. The van der Waals surface area contributed by atoms with E-state index in [-0.39, 0.29) is 11.9 Å². The summed E-state index contributed by atoms with van der Waals surface area (Å²) < 4.78 is 0. The van der Waals surface area contributed by atoms with Gasteiger partial charge in [0, 0.05) is 48.0 Å². The highest BCUT2D eigenvalue weighted by atomic mass is 32.1. The second-order valence-corrected chi connectivity index (χ2v) is 8.56. The fraction of sp³-hybridized carbons (Fsp3) is 0.500. The summed E-state index contributed by atoms with van der Waals surface area (Å²) in [6.07, 6.45) is 2.34. The number of thiophene rings is 1. The van der Waals surface area contributed by atoms with E-state index in [2.05, 4.69) is 47.9 Å². The molecule has 2 aromatic rings. The van der Waals surface area contributed by atoms with E-state index >= 15 is 0 Å². The van der Waals surface area contributed by atoms with Crippen LogP contribution in [0.4, 0.5) is 0 Å². The second-order valence-electron chi connectivity index (χ2n) is 7.18. The average Bonchev–Trinajstić information content (AvgIpc) is 3.03. The van der Waals surface area contributed by atoms with Gasteiger partial charge in [0.25, 0.3) is 0 Å². The Morgan fingerprint density at radius 2 is 2.08 bits per heavy atom. The molecule has 5 nitrogen and oxygen atoms in total. The van der Waals surface area contributed by atoms with Gasteiger partial charge in [-0.05, 0) is 45.3 Å². The van der Waals surface area contributed by atoms with E-state index < -0.39 is 0 Å². The van der Waals surface area contributed by atoms with Gasteiger partial charge >= 0.3 is 0 Å². The molecule has 0 N–H and O–H groups in total. The van der Waals surface area contributed by atoms with Gasteiger partial charge in [-0.2, -0.15) is 0 Å². The predicted molar refractivity (Wildman–Crippen MR) is 106 cm³/mol. The molecule has 1 aliphatic heterocycles. The number of amides is 1. The number of rotatable bonds is 6. The number of pyridine rings is 1.